The summed E-state index contributed by atoms with van der Waals surface area (Å²) < 4.78 is 16.1. The highest BCUT2D eigenvalue weighted by Crippen LogP contribution is 2.32. The summed E-state index contributed by atoms with van der Waals surface area (Å²) >= 11 is 0. The third kappa shape index (κ3) is 3.07. The average molecular weight is 324 g/mol. The maximum atomic E-state index is 5.40. The Morgan fingerprint density at radius 2 is 2.04 bits per heavy atom. The molecule has 0 saturated heterocycles. The molecule has 2 aromatic heterocycles. The fourth-order valence-corrected chi connectivity index (χ4v) is 2.57. The van der Waals surface area contributed by atoms with E-state index >= 15 is 0 Å². The Morgan fingerprint density at radius 3 is 2.92 bits per heavy atom. The topological polar surface area (TPSA) is 73.5 Å². The van der Waals surface area contributed by atoms with Gasteiger partial charge in [-0.15, -0.1) is 0 Å². The molecule has 7 heteroatoms. The van der Waals surface area contributed by atoms with E-state index in [2.05, 4.69) is 20.0 Å². The second kappa shape index (κ2) is 6.29. The maximum Gasteiger partial charge on any atom is 0.241 e. The van der Waals surface area contributed by atoms with Crippen LogP contribution in [0.4, 0.5) is 0 Å². The molecule has 0 spiro atoms. The largest absolute Gasteiger partial charge is 0.454 e. The molecule has 0 N–H and O–H groups in total. The molecular weight excluding hydrogens is 308 g/mol. The normalized spacial score (nSPS) is 12.8. The smallest absolute Gasteiger partial charge is 0.241 e. The Labute approximate surface area is 138 Å². The summed E-state index contributed by atoms with van der Waals surface area (Å²) in [5, 5.41) is 4.00. The van der Waals surface area contributed by atoms with Gasteiger partial charge in [-0.3, -0.25) is 9.88 Å². The van der Waals surface area contributed by atoms with Crippen molar-refractivity contribution in [3.05, 3.63) is 54.2 Å². The van der Waals surface area contributed by atoms with Crippen LogP contribution in [0.15, 0.2) is 47.2 Å². The predicted octanol–water partition coefficient (Wildman–Crippen LogP) is 2.49. The molecule has 3 heterocycles. The maximum absolute atomic E-state index is 5.40. The summed E-state index contributed by atoms with van der Waals surface area (Å²) in [5.74, 6) is 2.70. The quantitative estimate of drug-likeness (QED) is 0.714. The van der Waals surface area contributed by atoms with Crippen LogP contribution in [0.25, 0.3) is 11.4 Å². The van der Waals surface area contributed by atoms with Crippen molar-refractivity contribution in [3.8, 4) is 22.9 Å². The van der Waals surface area contributed by atoms with Crippen LogP contribution in [-0.4, -0.2) is 33.9 Å². The Morgan fingerprint density at radius 1 is 1.12 bits per heavy atom. The van der Waals surface area contributed by atoms with Crippen LogP contribution in [0.1, 0.15) is 11.5 Å². The van der Waals surface area contributed by atoms with Crippen molar-refractivity contribution >= 4 is 0 Å². The number of hydrogen-bond donors (Lipinski definition) is 0. The van der Waals surface area contributed by atoms with E-state index in [9.17, 15) is 0 Å². The fraction of sp³-hybridized carbons (Fsp3) is 0.235. The molecule has 0 amide bonds. The van der Waals surface area contributed by atoms with E-state index in [-0.39, 0.29) is 6.79 Å². The molecule has 0 bridgehead atoms. The molecule has 7 nitrogen and oxygen atoms in total. The molecule has 0 unspecified atom stereocenters. The van der Waals surface area contributed by atoms with Gasteiger partial charge in [0.15, 0.2) is 11.5 Å². The number of nitrogens with zero attached hydrogens (tertiary/aromatic N) is 4. The number of aromatic nitrogens is 3. The Balaban J connectivity index is 1.41. The molecule has 1 aromatic carbocycles. The summed E-state index contributed by atoms with van der Waals surface area (Å²) in [6.45, 7) is 1.58. The molecule has 0 fully saturated rings. The minimum Gasteiger partial charge on any atom is -0.454 e. The Hall–Kier alpha value is -2.93. The first-order valence-corrected chi connectivity index (χ1v) is 7.58. The van der Waals surface area contributed by atoms with Crippen LogP contribution >= 0.6 is 0 Å². The minimum atomic E-state index is 0.285. The second-order valence-corrected chi connectivity index (χ2v) is 5.61. The van der Waals surface area contributed by atoms with Gasteiger partial charge in [0.1, 0.15) is 0 Å². The first-order valence-electron chi connectivity index (χ1n) is 7.58. The summed E-state index contributed by atoms with van der Waals surface area (Å²) in [6, 6.07) is 9.69. The summed E-state index contributed by atoms with van der Waals surface area (Å²) in [4.78, 5) is 10.6. The van der Waals surface area contributed by atoms with Gasteiger partial charge in [0, 0.05) is 24.5 Å². The van der Waals surface area contributed by atoms with Crippen LogP contribution < -0.4 is 9.47 Å². The molecular formula is C17H16N4O3. The highest BCUT2D eigenvalue weighted by molar-refractivity contribution is 5.51. The van der Waals surface area contributed by atoms with Crippen LogP contribution in [0.2, 0.25) is 0 Å². The standard InChI is InChI=1S/C17H16N4O3/c1-21(9-12-4-5-14-15(7-12)23-11-22-14)10-16-19-17(20-24-16)13-3-2-6-18-8-13/h2-8H,9-11H2,1H3. The van der Waals surface area contributed by atoms with Crippen molar-refractivity contribution in [2.75, 3.05) is 13.8 Å². The zero-order valence-corrected chi connectivity index (χ0v) is 13.2. The highest BCUT2D eigenvalue weighted by Gasteiger charge is 2.15. The lowest BCUT2D eigenvalue weighted by atomic mass is 10.2. The van der Waals surface area contributed by atoms with E-state index in [0.717, 1.165) is 29.2 Å². The van der Waals surface area contributed by atoms with E-state index < -0.39 is 0 Å². The molecule has 0 atom stereocenters. The average Bonchev–Trinajstić information content (AvgIpc) is 3.24. The van der Waals surface area contributed by atoms with Crippen molar-refractivity contribution in [2.45, 2.75) is 13.1 Å². The molecule has 122 valence electrons. The van der Waals surface area contributed by atoms with E-state index in [1.807, 2.05) is 37.4 Å². The lowest BCUT2D eigenvalue weighted by molar-refractivity contribution is 0.174. The number of benzene rings is 1. The second-order valence-electron chi connectivity index (χ2n) is 5.61. The molecule has 24 heavy (non-hydrogen) atoms. The van der Waals surface area contributed by atoms with Crippen molar-refractivity contribution in [3.63, 3.8) is 0 Å². The monoisotopic (exact) mass is 324 g/mol. The zero-order valence-electron chi connectivity index (χ0n) is 13.2. The summed E-state index contributed by atoms with van der Waals surface area (Å²) in [5.41, 5.74) is 1.97. The van der Waals surface area contributed by atoms with Gasteiger partial charge in [0.05, 0.1) is 6.54 Å². The number of fused-ring (bicyclic) bond motifs is 1. The molecule has 0 saturated carbocycles. The fourth-order valence-electron chi connectivity index (χ4n) is 2.57. The van der Waals surface area contributed by atoms with Gasteiger partial charge in [-0.05, 0) is 36.9 Å². The van der Waals surface area contributed by atoms with Crippen molar-refractivity contribution in [2.24, 2.45) is 0 Å². The molecule has 1 aliphatic heterocycles. The molecule has 4 rings (SSSR count). The lowest BCUT2D eigenvalue weighted by Gasteiger charge is -2.14. The minimum absolute atomic E-state index is 0.285. The Bertz CT molecular complexity index is 835. The van der Waals surface area contributed by atoms with Gasteiger partial charge in [-0.1, -0.05) is 11.2 Å². The first kappa shape index (κ1) is 14.6. The van der Waals surface area contributed by atoms with Gasteiger partial charge < -0.3 is 14.0 Å². The van der Waals surface area contributed by atoms with Crippen molar-refractivity contribution in [1.29, 1.82) is 0 Å². The zero-order chi connectivity index (χ0) is 16.4. The number of pyridine rings is 1. The highest BCUT2D eigenvalue weighted by atomic mass is 16.7. The SMILES string of the molecule is CN(Cc1ccc2c(c1)OCO2)Cc1nc(-c2cccnc2)no1. The number of ether oxygens (including phenoxy) is 2. The third-order valence-electron chi connectivity index (χ3n) is 3.68. The van der Waals surface area contributed by atoms with Crippen molar-refractivity contribution in [1.82, 2.24) is 20.0 Å². The van der Waals surface area contributed by atoms with Crippen LogP contribution in [0.3, 0.4) is 0 Å². The molecule has 1 aliphatic rings. The van der Waals surface area contributed by atoms with Crippen LogP contribution in [-0.2, 0) is 13.1 Å². The van der Waals surface area contributed by atoms with E-state index in [4.69, 9.17) is 14.0 Å². The van der Waals surface area contributed by atoms with Crippen LogP contribution in [0, 0.1) is 0 Å². The molecule has 0 radical (unpaired) electrons. The van der Waals surface area contributed by atoms with Crippen LogP contribution in [0.5, 0.6) is 11.5 Å². The summed E-state index contributed by atoms with van der Waals surface area (Å²) in [6.07, 6.45) is 3.43. The summed E-state index contributed by atoms with van der Waals surface area (Å²) in [7, 11) is 2.00. The van der Waals surface area contributed by atoms with E-state index in [1.165, 1.54) is 0 Å². The van der Waals surface area contributed by atoms with Crippen molar-refractivity contribution < 1.29 is 14.0 Å². The number of hydrogen-bond acceptors (Lipinski definition) is 7. The third-order valence-corrected chi connectivity index (χ3v) is 3.68. The predicted molar refractivity (Wildman–Crippen MR) is 85.3 cm³/mol. The van der Waals surface area contributed by atoms with E-state index in [0.29, 0.717) is 18.3 Å². The van der Waals surface area contributed by atoms with Gasteiger partial charge in [-0.2, -0.15) is 4.98 Å². The molecule has 3 aromatic rings. The van der Waals surface area contributed by atoms with Gasteiger partial charge in [0.2, 0.25) is 18.5 Å². The number of rotatable bonds is 5. The van der Waals surface area contributed by atoms with Gasteiger partial charge in [0.25, 0.3) is 0 Å². The molecule has 0 aliphatic carbocycles. The van der Waals surface area contributed by atoms with Gasteiger partial charge in [-0.25, -0.2) is 0 Å². The van der Waals surface area contributed by atoms with Gasteiger partial charge >= 0.3 is 0 Å². The van der Waals surface area contributed by atoms with E-state index in [1.54, 1.807) is 12.4 Å². The Kier molecular flexibility index (Phi) is 3.84. The first-order chi connectivity index (χ1) is 11.8. The lowest BCUT2D eigenvalue weighted by Crippen LogP contribution is -2.17.